The van der Waals surface area contributed by atoms with Gasteiger partial charge in [-0.15, -0.1) is 0 Å². The minimum absolute atomic E-state index is 0.309. The fourth-order valence-corrected chi connectivity index (χ4v) is 1.60. The summed E-state index contributed by atoms with van der Waals surface area (Å²) in [4.78, 5) is 0. The molecule has 4 nitrogen and oxygen atoms in total. The van der Waals surface area contributed by atoms with Crippen LogP contribution in [0.2, 0.25) is 0 Å². The van der Waals surface area contributed by atoms with Crippen molar-refractivity contribution in [2.75, 3.05) is 13.7 Å². The van der Waals surface area contributed by atoms with E-state index in [0.717, 1.165) is 0 Å². The van der Waals surface area contributed by atoms with E-state index >= 15 is 0 Å². The van der Waals surface area contributed by atoms with Crippen LogP contribution in [0.1, 0.15) is 0 Å². The van der Waals surface area contributed by atoms with Gasteiger partial charge in [-0.05, 0) is 12.1 Å². The lowest BCUT2D eigenvalue weighted by molar-refractivity contribution is 0.419. The number of aromatic nitrogens is 2. The Morgan fingerprint density at radius 3 is 3.00 bits per heavy atom. The number of ether oxygens (including phenoxy) is 1. The molecule has 0 aliphatic heterocycles. The highest BCUT2D eigenvalue weighted by Gasteiger charge is 2.11. The van der Waals surface area contributed by atoms with Crippen LogP contribution < -0.4 is 10.5 Å². The molecule has 0 bridgehead atoms. The van der Waals surface area contributed by atoms with E-state index in [2.05, 4.69) is 5.10 Å². The van der Waals surface area contributed by atoms with E-state index in [1.165, 1.54) is 6.07 Å². The summed E-state index contributed by atoms with van der Waals surface area (Å²) in [6.45, 7) is 0.918. The maximum Gasteiger partial charge on any atom is 0.149 e. The second kappa shape index (κ2) is 3.86. The Morgan fingerprint density at radius 2 is 2.33 bits per heavy atom. The fraction of sp³-hybridized carbons (Fsp3) is 0.300. The van der Waals surface area contributed by atoms with Crippen molar-refractivity contribution in [3.05, 3.63) is 24.1 Å². The zero-order chi connectivity index (χ0) is 10.8. The molecule has 2 N–H and O–H groups in total. The van der Waals surface area contributed by atoms with Crippen molar-refractivity contribution in [2.24, 2.45) is 5.73 Å². The molecule has 2 rings (SSSR count). The van der Waals surface area contributed by atoms with Crippen molar-refractivity contribution in [3.63, 3.8) is 0 Å². The predicted molar refractivity (Wildman–Crippen MR) is 55.3 cm³/mol. The van der Waals surface area contributed by atoms with E-state index in [0.29, 0.717) is 29.7 Å². The largest absolute Gasteiger partial charge is 0.496 e. The van der Waals surface area contributed by atoms with Crippen LogP contribution in [-0.4, -0.2) is 23.4 Å². The number of methoxy groups -OCH3 is 1. The normalized spacial score (nSPS) is 10.9. The molecule has 1 heterocycles. The minimum Gasteiger partial charge on any atom is -0.496 e. The quantitative estimate of drug-likeness (QED) is 0.824. The molecule has 0 saturated heterocycles. The number of nitrogens with zero attached hydrogens (tertiary/aromatic N) is 2. The minimum atomic E-state index is -0.309. The van der Waals surface area contributed by atoms with Crippen LogP contribution in [0.25, 0.3) is 10.9 Å². The van der Waals surface area contributed by atoms with Gasteiger partial charge in [0.2, 0.25) is 0 Å². The van der Waals surface area contributed by atoms with Gasteiger partial charge in [-0.3, -0.25) is 4.68 Å². The van der Waals surface area contributed by atoms with Gasteiger partial charge in [0.15, 0.2) is 0 Å². The maximum atomic E-state index is 13.6. The number of halogens is 1. The fourth-order valence-electron chi connectivity index (χ4n) is 1.60. The molecule has 0 radical (unpaired) electrons. The molecule has 2 aromatic rings. The summed E-state index contributed by atoms with van der Waals surface area (Å²) < 4.78 is 20.2. The molecule has 80 valence electrons. The van der Waals surface area contributed by atoms with Crippen molar-refractivity contribution in [1.29, 1.82) is 0 Å². The summed E-state index contributed by atoms with van der Waals surface area (Å²) in [6, 6.07) is 2.96. The molecule has 0 aliphatic carbocycles. The van der Waals surface area contributed by atoms with Crippen LogP contribution in [0.4, 0.5) is 4.39 Å². The Balaban J connectivity index is 2.67. The highest BCUT2D eigenvalue weighted by Crippen LogP contribution is 2.27. The van der Waals surface area contributed by atoms with Crippen molar-refractivity contribution < 1.29 is 9.13 Å². The van der Waals surface area contributed by atoms with Gasteiger partial charge in [0.25, 0.3) is 0 Å². The Bertz CT molecular complexity index is 481. The van der Waals surface area contributed by atoms with E-state index in [4.69, 9.17) is 10.5 Å². The highest BCUT2D eigenvalue weighted by molar-refractivity contribution is 5.85. The molecule has 15 heavy (non-hydrogen) atoms. The number of benzene rings is 1. The number of nitrogens with two attached hydrogens (primary N) is 1. The molecule has 1 aromatic heterocycles. The van der Waals surface area contributed by atoms with Crippen LogP contribution in [0, 0.1) is 5.82 Å². The first-order valence-corrected chi connectivity index (χ1v) is 4.66. The monoisotopic (exact) mass is 209 g/mol. The first kappa shape index (κ1) is 9.92. The van der Waals surface area contributed by atoms with Crippen molar-refractivity contribution >= 4 is 10.9 Å². The molecule has 0 fully saturated rings. The summed E-state index contributed by atoms with van der Waals surface area (Å²) in [6.07, 6.45) is 1.59. The molecular weight excluding hydrogens is 197 g/mol. The van der Waals surface area contributed by atoms with E-state index in [-0.39, 0.29) is 5.82 Å². The lowest BCUT2D eigenvalue weighted by Gasteiger charge is -2.04. The third-order valence-electron chi connectivity index (χ3n) is 2.27. The molecule has 0 saturated carbocycles. The number of fused-ring (bicyclic) bond motifs is 1. The Kier molecular flexibility index (Phi) is 2.55. The van der Waals surface area contributed by atoms with E-state index in [1.807, 2.05) is 0 Å². The maximum absolute atomic E-state index is 13.6. The van der Waals surface area contributed by atoms with Crippen LogP contribution in [-0.2, 0) is 6.54 Å². The van der Waals surface area contributed by atoms with Crippen molar-refractivity contribution in [1.82, 2.24) is 9.78 Å². The summed E-state index contributed by atoms with van der Waals surface area (Å²) in [7, 11) is 1.55. The van der Waals surface area contributed by atoms with Crippen LogP contribution >= 0.6 is 0 Å². The average molecular weight is 209 g/mol. The molecular formula is C10H12FN3O. The zero-order valence-corrected chi connectivity index (χ0v) is 8.40. The molecule has 5 heteroatoms. The van der Waals surface area contributed by atoms with Crippen molar-refractivity contribution in [2.45, 2.75) is 6.54 Å². The van der Waals surface area contributed by atoms with E-state index in [1.54, 1.807) is 24.1 Å². The molecule has 0 unspecified atom stereocenters. The first-order valence-electron chi connectivity index (χ1n) is 4.66. The summed E-state index contributed by atoms with van der Waals surface area (Å²) >= 11 is 0. The predicted octanol–water partition coefficient (Wildman–Crippen LogP) is 1.14. The average Bonchev–Trinajstić information content (AvgIpc) is 2.64. The zero-order valence-electron chi connectivity index (χ0n) is 8.40. The van der Waals surface area contributed by atoms with Gasteiger partial charge < -0.3 is 10.5 Å². The Morgan fingerprint density at radius 1 is 1.53 bits per heavy atom. The second-order valence-corrected chi connectivity index (χ2v) is 3.17. The third-order valence-corrected chi connectivity index (χ3v) is 2.27. The number of hydrogen-bond donors (Lipinski definition) is 1. The van der Waals surface area contributed by atoms with Gasteiger partial charge >= 0.3 is 0 Å². The van der Waals surface area contributed by atoms with Gasteiger partial charge in [-0.25, -0.2) is 4.39 Å². The standard InChI is InChI=1S/C10H12FN3O/c1-15-9-3-2-8(11)10-7(9)6-13-14(10)5-4-12/h2-3,6H,4-5,12H2,1H3. The molecule has 0 aliphatic rings. The van der Waals surface area contributed by atoms with E-state index < -0.39 is 0 Å². The van der Waals surface area contributed by atoms with Gasteiger partial charge in [-0.2, -0.15) is 5.10 Å². The van der Waals surface area contributed by atoms with Crippen LogP contribution in [0.15, 0.2) is 18.3 Å². The van der Waals surface area contributed by atoms with Gasteiger partial charge in [0.1, 0.15) is 17.1 Å². The number of rotatable bonds is 3. The first-order chi connectivity index (χ1) is 7.27. The van der Waals surface area contributed by atoms with Crippen molar-refractivity contribution in [3.8, 4) is 5.75 Å². The van der Waals surface area contributed by atoms with E-state index in [9.17, 15) is 4.39 Å². The van der Waals surface area contributed by atoms with Gasteiger partial charge in [0, 0.05) is 6.54 Å². The lowest BCUT2D eigenvalue weighted by Crippen LogP contribution is -2.11. The summed E-state index contributed by atoms with van der Waals surface area (Å²) in [5.41, 5.74) is 5.86. The molecule has 1 aromatic carbocycles. The topological polar surface area (TPSA) is 53.1 Å². The molecule has 0 amide bonds. The second-order valence-electron chi connectivity index (χ2n) is 3.17. The van der Waals surface area contributed by atoms with Gasteiger partial charge in [-0.1, -0.05) is 0 Å². The highest BCUT2D eigenvalue weighted by atomic mass is 19.1. The Hall–Kier alpha value is -1.62. The number of hydrogen-bond acceptors (Lipinski definition) is 3. The Labute approximate surface area is 86.4 Å². The van der Waals surface area contributed by atoms with Crippen LogP contribution in [0.5, 0.6) is 5.75 Å². The summed E-state index contributed by atoms with van der Waals surface area (Å²) in [5.74, 6) is 0.312. The summed E-state index contributed by atoms with van der Waals surface area (Å²) in [5, 5.41) is 4.74. The molecule has 0 atom stereocenters. The van der Waals surface area contributed by atoms with Gasteiger partial charge in [0.05, 0.1) is 25.2 Å². The lowest BCUT2D eigenvalue weighted by atomic mass is 10.2. The van der Waals surface area contributed by atoms with Crippen LogP contribution in [0.3, 0.4) is 0 Å². The smallest absolute Gasteiger partial charge is 0.149 e. The third kappa shape index (κ3) is 1.55. The molecule has 0 spiro atoms. The SMILES string of the molecule is COc1ccc(F)c2c1cnn2CCN.